The first-order valence-corrected chi connectivity index (χ1v) is 10.9. The zero-order chi connectivity index (χ0) is 26.5. The quantitative estimate of drug-likeness (QED) is 0.174. The number of benzene rings is 1. The van der Waals surface area contributed by atoms with Crippen molar-refractivity contribution in [1.29, 1.82) is 0 Å². The van der Waals surface area contributed by atoms with E-state index in [9.17, 15) is 19.7 Å². The average Bonchev–Trinajstić information content (AvgIpc) is 2.82. The number of anilines is 1. The second kappa shape index (κ2) is 14.3. The molecule has 0 saturated carbocycles. The molecule has 0 atom stereocenters. The minimum atomic E-state index is -1.82. The van der Waals surface area contributed by atoms with E-state index >= 15 is 0 Å². The Morgan fingerprint density at radius 3 is 2.14 bits per heavy atom. The highest BCUT2D eigenvalue weighted by Gasteiger charge is 2.11. The van der Waals surface area contributed by atoms with Gasteiger partial charge in [0.1, 0.15) is 5.82 Å². The minimum Gasteiger partial charge on any atom is -0.473 e. The molecule has 192 valence electrons. The summed E-state index contributed by atoms with van der Waals surface area (Å²) in [5.74, 6) is -3.02. The van der Waals surface area contributed by atoms with Gasteiger partial charge in [0.15, 0.2) is 0 Å². The number of hydrogen-bond acceptors (Lipinski definition) is 8. The van der Waals surface area contributed by atoms with Gasteiger partial charge < -0.3 is 20.4 Å². The molecule has 3 N–H and O–H groups in total. The van der Waals surface area contributed by atoms with Crippen LogP contribution in [-0.2, 0) is 30.1 Å². The van der Waals surface area contributed by atoms with Crippen molar-refractivity contribution in [3.63, 3.8) is 0 Å². The molecule has 0 radical (unpaired) electrons. The number of nitro groups is 1. The van der Waals surface area contributed by atoms with Gasteiger partial charge in [-0.1, -0.05) is 12.1 Å². The number of unbranched alkanes of at least 4 members (excludes halogenated alkanes) is 1. The van der Waals surface area contributed by atoms with Crippen LogP contribution in [0.25, 0.3) is 0 Å². The Labute approximate surface area is 201 Å². The molecule has 35 heavy (non-hydrogen) atoms. The highest BCUT2D eigenvalue weighted by atomic mass is 16.6. The number of likely N-dealkylation sites (N-methyl/N-ethyl adjacent to an activating group) is 1. The van der Waals surface area contributed by atoms with Crippen LogP contribution in [0.3, 0.4) is 0 Å². The summed E-state index contributed by atoms with van der Waals surface area (Å²) in [5, 5.41) is 28.8. The molecule has 0 bridgehead atoms. The fraction of sp³-hybridized carbons (Fsp3) is 0.455. The molecule has 0 aliphatic rings. The first kappa shape index (κ1) is 29.0. The number of hydrogen-bond donors (Lipinski definition) is 3. The van der Waals surface area contributed by atoms with Gasteiger partial charge >= 0.3 is 17.6 Å². The van der Waals surface area contributed by atoms with E-state index in [-0.39, 0.29) is 16.9 Å². The van der Waals surface area contributed by atoms with E-state index in [2.05, 4.69) is 5.32 Å². The van der Waals surface area contributed by atoms with Crippen LogP contribution in [0.5, 0.6) is 0 Å². The predicted molar refractivity (Wildman–Crippen MR) is 129 cm³/mol. The number of nitro benzene ring substituents is 1. The Morgan fingerprint density at radius 2 is 1.63 bits per heavy atom. The molecular formula is C22H31N5O8. The Bertz CT molecular complexity index is 1110. The first-order chi connectivity index (χ1) is 16.5. The summed E-state index contributed by atoms with van der Waals surface area (Å²) in [6.07, 6.45) is 2.87. The molecule has 0 amide bonds. The van der Waals surface area contributed by atoms with Crippen molar-refractivity contribution in [3.8, 4) is 0 Å². The van der Waals surface area contributed by atoms with Gasteiger partial charge in [0, 0.05) is 51.9 Å². The SMILES string of the molecule is CCN(CCNCCCCc1ccc([N+](=O)[O-])cc1)c1cc(=O)n(C)c(=O)n1C.O=C(O)C(=O)O. The monoisotopic (exact) mass is 493 g/mol. The Morgan fingerprint density at radius 1 is 1.03 bits per heavy atom. The second-order valence-corrected chi connectivity index (χ2v) is 7.56. The number of rotatable bonds is 11. The van der Waals surface area contributed by atoms with E-state index in [4.69, 9.17) is 19.8 Å². The molecule has 0 aliphatic carbocycles. The van der Waals surface area contributed by atoms with Crippen molar-refractivity contribution in [2.24, 2.45) is 14.1 Å². The van der Waals surface area contributed by atoms with Crippen LogP contribution < -0.4 is 21.5 Å². The topological polar surface area (TPSA) is 177 Å². The van der Waals surface area contributed by atoms with Crippen LogP contribution in [0.4, 0.5) is 11.5 Å². The molecule has 0 fully saturated rings. The smallest absolute Gasteiger partial charge is 0.414 e. The molecule has 0 saturated heterocycles. The lowest BCUT2D eigenvalue weighted by molar-refractivity contribution is -0.384. The molecule has 1 aromatic heterocycles. The molecule has 0 spiro atoms. The van der Waals surface area contributed by atoms with Crippen LogP contribution in [-0.4, -0.2) is 62.4 Å². The van der Waals surface area contributed by atoms with Gasteiger partial charge in [-0.15, -0.1) is 0 Å². The number of non-ortho nitro benzene ring substituents is 1. The summed E-state index contributed by atoms with van der Waals surface area (Å²) in [4.78, 5) is 54.5. The van der Waals surface area contributed by atoms with Crippen molar-refractivity contribution in [2.45, 2.75) is 26.2 Å². The van der Waals surface area contributed by atoms with E-state index in [1.807, 2.05) is 11.8 Å². The van der Waals surface area contributed by atoms with Crippen LogP contribution >= 0.6 is 0 Å². The van der Waals surface area contributed by atoms with Crippen molar-refractivity contribution in [3.05, 3.63) is 66.8 Å². The highest BCUT2D eigenvalue weighted by Crippen LogP contribution is 2.13. The normalized spacial score (nSPS) is 10.3. The Kier molecular flexibility index (Phi) is 11.9. The summed E-state index contributed by atoms with van der Waals surface area (Å²) in [6, 6.07) is 8.18. The summed E-state index contributed by atoms with van der Waals surface area (Å²) in [6.45, 7) is 4.99. The van der Waals surface area contributed by atoms with Gasteiger partial charge in [0.25, 0.3) is 11.2 Å². The first-order valence-electron chi connectivity index (χ1n) is 10.9. The molecule has 0 unspecified atom stereocenters. The number of nitrogens with one attached hydrogen (secondary N) is 1. The largest absolute Gasteiger partial charge is 0.473 e. The van der Waals surface area contributed by atoms with Crippen molar-refractivity contribution in [2.75, 3.05) is 31.1 Å². The van der Waals surface area contributed by atoms with E-state index in [1.54, 1.807) is 19.2 Å². The van der Waals surface area contributed by atoms with E-state index in [0.717, 1.165) is 42.5 Å². The van der Waals surface area contributed by atoms with Crippen molar-refractivity contribution < 1.29 is 24.7 Å². The number of nitrogens with zero attached hydrogens (tertiary/aromatic N) is 4. The molecule has 0 aliphatic heterocycles. The van der Waals surface area contributed by atoms with Crippen LogP contribution in [0.15, 0.2) is 39.9 Å². The van der Waals surface area contributed by atoms with Crippen LogP contribution in [0.2, 0.25) is 0 Å². The van der Waals surface area contributed by atoms with Gasteiger partial charge in [0.05, 0.1) is 4.92 Å². The van der Waals surface area contributed by atoms with Gasteiger partial charge in [-0.2, -0.15) is 0 Å². The fourth-order valence-corrected chi connectivity index (χ4v) is 3.16. The van der Waals surface area contributed by atoms with E-state index in [1.165, 1.54) is 29.8 Å². The number of aliphatic carboxylic acids is 2. The van der Waals surface area contributed by atoms with Gasteiger partial charge in [-0.05, 0) is 38.3 Å². The maximum Gasteiger partial charge on any atom is 0.414 e. The number of carboxylic acid groups (broad SMARTS) is 2. The van der Waals surface area contributed by atoms with E-state index in [0.29, 0.717) is 18.9 Å². The summed E-state index contributed by atoms with van der Waals surface area (Å²) < 4.78 is 2.59. The molecule has 2 aromatic rings. The number of carboxylic acids is 2. The molecule has 13 heteroatoms. The lowest BCUT2D eigenvalue weighted by Crippen LogP contribution is -2.42. The lowest BCUT2D eigenvalue weighted by Gasteiger charge is -2.25. The molecule has 13 nitrogen and oxygen atoms in total. The minimum absolute atomic E-state index is 0.115. The second-order valence-electron chi connectivity index (χ2n) is 7.56. The molecule has 2 rings (SSSR count). The Hall–Kier alpha value is -4.00. The Balaban J connectivity index is 0.000000905. The average molecular weight is 494 g/mol. The lowest BCUT2D eigenvalue weighted by atomic mass is 10.1. The third-order valence-corrected chi connectivity index (χ3v) is 5.16. The predicted octanol–water partition coefficient (Wildman–Crippen LogP) is 0.587. The summed E-state index contributed by atoms with van der Waals surface area (Å²) in [7, 11) is 3.15. The maximum absolute atomic E-state index is 12.1. The third kappa shape index (κ3) is 9.41. The third-order valence-electron chi connectivity index (χ3n) is 5.16. The zero-order valence-electron chi connectivity index (χ0n) is 20.0. The van der Waals surface area contributed by atoms with Crippen molar-refractivity contribution in [1.82, 2.24) is 14.5 Å². The number of carbonyl (C=O) groups is 2. The van der Waals surface area contributed by atoms with Crippen LogP contribution in [0.1, 0.15) is 25.3 Å². The van der Waals surface area contributed by atoms with Gasteiger partial charge in [-0.25, -0.2) is 14.4 Å². The molecular weight excluding hydrogens is 462 g/mol. The standard InChI is InChI=1S/C20H29N5O4.C2H2O4/c1-4-24(18-15-19(26)23(3)20(27)22(18)2)14-13-21-12-6-5-7-16-8-10-17(11-9-16)25(28)29;3-1(4)2(5)6/h8-11,15,21H,4-7,12-14H2,1-3H3;(H,3,4)(H,5,6). The number of aromatic nitrogens is 2. The van der Waals surface area contributed by atoms with E-state index < -0.39 is 16.9 Å². The maximum atomic E-state index is 12.1. The van der Waals surface area contributed by atoms with Crippen molar-refractivity contribution >= 4 is 23.4 Å². The highest BCUT2D eigenvalue weighted by molar-refractivity contribution is 6.27. The number of aryl methyl sites for hydroxylation is 1. The zero-order valence-corrected chi connectivity index (χ0v) is 20.0. The van der Waals surface area contributed by atoms with Gasteiger partial charge in [0.2, 0.25) is 0 Å². The molecule has 1 heterocycles. The molecule has 1 aromatic carbocycles. The van der Waals surface area contributed by atoms with Crippen LogP contribution in [0, 0.1) is 10.1 Å². The summed E-state index contributed by atoms with van der Waals surface area (Å²) in [5.41, 5.74) is 0.579. The fourth-order valence-electron chi connectivity index (χ4n) is 3.16. The van der Waals surface area contributed by atoms with Gasteiger partial charge in [-0.3, -0.25) is 24.0 Å². The summed E-state index contributed by atoms with van der Waals surface area (Å²) >= 11 is 0.